The molecule has 2 rings (SSSR count). The molecule has 1 aliphatic rings. The summed E-state index contributed by atoms with van der Waals surface area (Å²) in [4.78, 5) is 36.4. The normalized spacial score (nSPS) is 18.4. The minimum Gasteiger partial charge on any atom is -0.366 e. The molecule has 0 aliphatic carbocycles. The van der Waals surface area contributed by atoms with E-state index in [0.29, 0.717) is 5.00 Å². The van der Waals surface area contributed by atoms with E-state index in [1.165, 1.54) is 6.07 Å². The number of nitrogens with one attached hydrogen (secondary N) is 2. The van der Waals surface area contributed by atoms with Crippen LogP contribution in [-0.4, -0.2) is 42.4 Å². The summed E-state index contributed by atoms with van der Waals surface area (Å²) in [6.45, 7) is 0.879. The standard InChI is InChI=1S/C12H17N5O3S/c1-17-4-2-3-7(17)10(19)15-8-5-6(9(13)18)11(21-8)16-12(14)20/h5,7H,2-4H2,1H3,(H2,13,18)(H,15,19)(H3,14,16,20)/t7-/m0/s1. The van der Waals surface area contributed by atoms with Crippen molar-refractivity contribution in [3.8, 4) is 0 Å². The number of rotatable bonds is 4. The van der Waals surface area contributed by atoms with Gasteiger partial charge in [0.1, 0.15) is 5.00 Å². The van der Waals surface area contributed by atoms with E-state index < -0.39 is 11.9 Å². The first-order valence-electron chi connectivity index (χ1n) is 6.39. The van der Waals surface area contributed by atoms with Gasteiger partial charge in [0.2, 0.25) is 5.91 Å². The zero-order valence-electron chi connectivity index (χ0n) is 11.5. The van der Waals surface area contributed by atoms with Gasteiger partial charge in [0.15, 0.2) is 0 Å². The van der Waals surface area contributed by atoms with Gasteiger partial charge in [-0.15, -0.1) is 0 Å². The first-order valence-corrected chi connectivity index (χ1v) is 7.21. The number of anilines is 2. The van der Waals surface area contributed by atoms with Gasteiger partial charge in [0, 0.05) is 0 Å². The Bertz CT molecular complexity index is 585. The van der Waals surface area contributed by atoms with E-state index in [4.69, 9.17) is 11.5 Å². The Kier molecular flexibility index (Phi) is 4.43. The summed E-state index contributed by atoms with van der Waals surface area (Å²) in [6.07, 6.45) is 1.77. The maximum atomic E-state index is 12.2. The van der Waals surface area contributed by atoms with Gasteiger partial charge in [-0.25, -0.2) is 4.79 Å². The van der Waals surface area contributed by atoms with Gasteiger partial charge in [0.05, 0.1) is 16.6 Å². The predicted octanol–water partition coefficient (Wildman–Crippen LogP) is 0.370. The van der Waals surface area contributed by atoms with E-state index in [-0.39, 0.29) is 22.5 Å². The second kappa shape index (κ2) is 6.10. The molecular formula is C12H17N5O3S. The number of likely N-dealkylation sites (N-methyl/N-ethyl adjacent to an activating group) is 1. The molecule has 1 saturated heterocycles. The second-order valence-electron chi connectivity index (χ2n) is 4.83. The lowest BCUT2D eigenvalue weighted by molar-refractivity contribution is -0.119. The van der Waals surface area contributed by atoms with Crippen LogP contribution < -0.4 is 22.1 Å². The molecule has 1 aliphatic heterocycles. The van der Waals surface area contributed by atoms with Crippen molar-refractivity contribution in [1.82, 2.24) is 4.90 Å². The Morgan fingerprint density at radius 2 is 2.05 bits per heavy atom. The summed E-state index contributed by atoms with van der Waals surface area (Å²) in [5.41, 5.74) is 10.4. The average Bonchev–Trinajstić information content (AvgIpc) is 2.95. The second-order valence-corrected chi connectivity index (χ2v) is 5.89. The van der Waals surface area contributed by atoms with E-state index in [1.54, 1.807) is 0 Å². The van der Waals surface area contributed by atoms with E-state index in [2.05, 4.69) is 10.6 Å². The topological polar surface area (TPSA) is 131 Å². The number of likely N-dealkylation sites (tertiary alicyclic amines) is 1. The van der Waals surface area contributed by atoms with Crippen molar-refractivity contribution in [1.29, 1.82) is 0 Å². The smallest absolute Gasteiger partial charge is 0.317 e. The third kappa shape index (κ3) is 3.50. The van der Waals surface area contributed by atoms with Crippen molar-refractivity contribution in [2.24, 2.45) is 11.5 Å². The maximum absolute atomic E-state index is 12.2. The Hall–Kier alpha value is -2.13. The molecule has 0 saturated carbocycles. The molecule has 6 N–H and O–H groups in total. The highest BCUT2D eigenvalue weighted by molar-refractivity contribution is 7.20. The molecule has 1 aromatic heterocycles. The van der Waals surface area contributed by atoms with Gasteiger partial charge in [-0.3, -0.25) is 19.8 Å². The van der Waals surface area contributed by atoms with Crippen LogP contribution in [0, 0.1) is 0 Å². The van der Waals surface area contributed by atoms with Crippen molar-refractivity contribution < 1.29 is 14.4 Å². The van der Waals surface area contributed by atoms with E-state index >= 15 is 0 Å². The summed E-state index contributed by atoms with van der Waals surface area (Å²) < 4.78 is 0. The number of carbonyl (C=O) groups is 3. The van der Waals surface area contributed by atoms with Gasteiger partial charge in [0.25, 0.3) is 5.91 Å². The van der Waals surface area contributed by atoms with Gasteiger partial charge >= 0.3 is 6.03 Å². The quantitative estimate of drug-likeness (QED) is 0.640. The van der Waals surface area contributed by atoms with E-state index in [9.17, 15) is 14.4 Å². The number of nitrogens with two attached hydrogens (primary N) is 2. The Balaban J connectivity index is 2.14. The summed E-state index contributed by atoms with van der Waals surface area (Å²) >= 11 is 1.04. The van der Waals surface area contributed by atoms with Crippen LogP contribution in [0.25, 0.3) is 0 Å². The van der Waals surface area contributed by atoms with Crippen LogP contribution in [0.1, 0.15) is 23.2 Å². The number of hydrogen-bond donors (Lipinski definition) is 4. The van der Waals surface area contributed by atoms with Crippen molar-refractivity contribution in [2.45, 2.75) is 18.9 Å². The fourth-order valence-corrected chi connectivity index (χ4v) is 3.26. The van der Waals surface area contributed by atoms with E-state index in [1.807, 2.05) is 11.9 Å². The number of hydrogen-bond acceptors (Lipinski definition) is 5. The molecule has 0 aromatic carbocycles. The molecule has 8 nitrogen and oxygen atoms in total. The minimum atomic E-state index is -0.798. The summed E-state index contributed by atoms with van der Waals surface area (Å²) in [5, 5.41) is 5.73. The van der Waals surface area contributed by atoms with Crippen LogP contribution >= 0.6 is 11.3 Å². The molecule has 0 radical (unpaired) electrons. The van der Waals surface area contributed by atoms with Crippen LogP contribution in [0.2, 0.25) is 0 Å². The molecule has 1 aromatic rings. The lowest BCUT2D eigenvalue weighted by atomic mass is 10.2. The molecule has 114 valence electrons. The van der Waals surface area contributed by atoms with Crippen molar-refractivity contribution in [3.05, 3.63) is 11.6 Å². The van der Waals surface area contributed by atoms with Crippen molar-refractivity contribution in [3.63, 3.8) is 0 Å². The molecule has 0 unspecified atom stereocenters. The molecule has 4 amide bonds. The first kappa shape index (κ1) is 15.3. The summed E-state index contributed by atoms with van der Waals surface area (Å²) in [6, 6.07) is 0.454. The highest BCUT2D eigenvalue weighted by Crippen LogP contribution is 2.32. The van der Waals surface area contributed by atoms with E-state index in [0.717, 1.165) is 30.7 Å². The Labute approximate surface area is 125 Å². The molecule has 9 heteroatoms. The minimum absolute atomic E-state index is 0.119. The number of nitrogens with zero attached hydrogens (tertiary/aromatic N) is 1. The highest BCUT2D eigenvalue weighted by atomic mass is 32.1. The lowest BCUT2D eigenvalue weighted by Crippen LogP contribution is -2.36. The van der Waals surface area contributed by atoms with Crippen LogP contribution in [0.3, 0.4) is 0 Å². The van der Waals surface area contributed by atoms with Crippen LogP contribution in [0.4, 0.5) is 14.8 Å². The maximum Gasteiger partial charge on any atom is 0.317 e. The molecular weight excluding hydrogens is 294 g/mol. The number of primary amides is 2. The third-order valence-electron chi connectivity index (χ3n) is 3.30. The third-order valence-corrected chi connectivity index (χ3v) is 4.27. The SMILES string of the molecule is CN1CCC[C@H]1C(=O)Nc1cc(C(N)=O)c(NC(N)=O)s1. The van der Waals surface area contributed by atoms with Crippen LogP contribution in [0.15, 0.2) is 6.07 Å². The number of amides is 4. The van der Waals surface area contributed by atoms with Crippen LogP contribution in [-0.2, 0) is 4.79 Å². The molecule has 1 atom stereocenters. The van der Waals surface area contributed by atoms with Crippen molar-refractivity contribution >= 4 is 39.2 Å². The first-order chi connectivity index (χ1) is 9.88. The highest BCUT2D eigenvalue weighted by Gasteiger charge is 2.28. The Morgan fingerprint density at radius 1 is 1.33 bits per heavy atom. The van der Waals surface area contributed by atoms with Gasteiger partial charge in [-0.1, -0.05) is 11.3 Å². The molecule has 0 spiro atoms. The fourth-order valence-electron chi connectivity index (χ4n) is 2.29. The average molecular weight is 311 g/mol. The molecule has 0 bridgehead atoms. The number of urea groups is 1. The number of thiophene rings is 1. The summed E-state index contributed by atoms with van der Waals surface area (Å²) in [5.74, 6) is -0.841. The predicted molar refractivity (Wildman–Crippen MR) is 80.3 cm³/mol. The largest absolute Gasteiger partial charge is 0.366 e. The zero-order chi connectivity index (χ0) is 15.6. The monoisotopic (exact) mass is 311 g/mol. The van der Waals surface area contributed by atoms with Crippen LogP contribution in [0.5, 0.6) is 0 Å². The number of carbonyl (C=O) groups excluding carboxylic acids is 3. The van der Waals surface area contributed by atoms with Crippen molar-refractivity contribution in [2.75, 3.05) is 24.2 Å². The summed E-state index contributed by atoms with van der Waals surface area (Å²) in [7, 11) is 1.89. The molecule has 1 fully saturated rings. The van der Waals surface area contributed by atoms with Gasteiger partial charge in [-0.05, 0) is 32.5 Å². The zero-order valence-corrected chi connectivity index (χ0v) is 12.3. The molecule has 2 heterocycles. The van der Waals surface area contributed by atoms with Gasteiger partial charge < -0.3 is 16.8 Å². The van der Waals surface area contributed by atoms with Gasteiger partial charge in [-0.2, -0.15) is 0 Å². The lowest BCUT2D eigenvalue weighted by Gasteiger charge is -2.17. The fraction of sp³-hybridized carbons (Fsp3) is 0.417. The molecule has 21 heavy (non-hydrogen) atoms. The Morgan fingerprint density at radius 3 is 2.57 bits per heavy atom.